The largest absolute Gasteiger partial charge is 0.494 e. The van der Waals surface area contributed by atoms with Crippen molar-refractivity contribution in [3.05, 3.63) is 78.4 Å². The summed E-state index contributed by atoms with van der Waals surface area (Å²) in [6, 6.07) is 23.4. The summed E-state index contributed by atoms with van der Waals surface area (Å²) >= 11 is 0. The number of nitrogens with one attached hydrogen (secondary N) is 1. The minimum absolute atomic E-state index is 0.187. The molecular weight excluding hydrogens is 442 g/mol. The van der Waals surface area contributed by atoms with Gasteiger partial charge < -0.3 is 24.5 Å². The van der Waals surface area contributed by atoms with Crippen molar-refractivity contribution in [3.8, 4) is 17.0 Å². The zero-order valence-corrected chi connectivity index (χ0v) is 19.7. The van der Waals surface area contributed by atoms with Crippen LogP contribution in [-0.2, 0) is 16.1 Å². The molecule has 3 aromatic carbocycles. The van der Waals surface area contributed by atoms with Gasteiger partial charge in [-0.3, -0.25) is 5.32 Å². The van der Waals surface area contributed by atoms with Gasteiger partial charge in [0.2, 0.25) is 0 Å². The Morgan fingerprint density at radius 2 is 1.91 bits per heavy atom. The van der Waals surface area contributed by atoms with Crippen LogP contribution in [0.3, 0.4) is 0 Å². The van der Waals surface area contributed by atoms with Gasteiger partial charge >= 0.3 is 6.09 Å². The van der Waals surface area contributed by atoms with Crippen LogP contribution in [0.4, 0.5) is 16.2 Å². The molecule has 7 nitrogen and oxygen atoms in total. The van der Waals surface area contributed by atoms with Crippen LogP contribution in [0, 0.1) is 0 Å². The lowest BCUT2D eigenvalue weighted by atomic mass is 10.1. The molecule has 1 atom stereocenters. The fraction of sp³-hybridized carbons (Fsp3) is 0.250. The van der Waals surface area contributed by atoms with Crippen molar-refractivity contribution < 1.29 is 19.0 Å². The Labute approximate surface area is 204 Å². The van der Waals surface area contributed by atoms with E-state index in [2.05, 4.69) is 16.0 Å². The fourth-order valence-corrected chi connectivity index (χ4v) is 4.56. The second kappa shape index (κ2) is 10.1. The quantitative estimate of drug-likeness (QED) is 0.345. The molecule has 5 rings (SSSR count). The third-order valence-corrected chi connectivity index (χ3v) is 6.21. The highest BCUT2D eigenvalue weighted by Gasteiger charge is 2.26. The van der Waals surface area contributed by atoms with Gasteiger partial charge in [0.25, 0.3) is 0 Å². The van der Waals surface area contributed by atoms with Crippen molar-refractivity contribution in [2.75, 3.05) is 30.9 Å². The SMILES string of the molecule is CCOc1ccc2c(N)c(-c3ccc(NC(=O)OCc4ccccc4)cc3)n(C3CCOC3)c2c1. The molecule has 2 heterocycles. The molecule has 1 aliphatic rings. The van der Waals surface area contributed by atoms with E-state index in [4.69, 9.17) is 19.9 Å². The lowest BCUT2D eigenvalue weighted by molar-refractivity contribution is 0.155. The van der Waals surface area contributed by atoms with Gasteiger partial charge in [0, 0.05) is 29.3 Å². The first kappa shape index (κ1) is 22.8. The van der Waals surface area contributed by atoms with Crippen LogP contribution < -0.4 is 15.8 Å². The molecule has 0 spiro atoms. The summed E-state index contributed by atoms with van der Waals surface area (Å²) in [5.74, 6) is 0.817. The number of fused-ring (bicyclic) bond motifs is 1. The maximum Gasteiger partial charge on any atom is 0.411 e. The fourth-order valence-electron chi connectivity index (χ4n) is 4.56. The maximum absolute atomic E-state index is 12.2. The molecular formula is C28H29N3O4. The second-order valence-corrected chi connectivity index (χ2v) is 8.53. The van der Waals surface area contributed by atoms with Crippen LogP contribution in [0.15, 0.2) is 72.8 Å². The maximum atomic E-state index is 12.2. The topological polar surface area (TPSA) is 87.7 Å². The van der Waals surface area contributed by atoms with E-state index >= 15 is 0 Å². The third kappa shape index (κ3) is 4.81. The highest BCUT2D eigenvalue weighted by atomic mass is 16.5. The van der Waals surface area contributed by atoms with E-state index in [1.165, 1.54) is 0 Å². The number of carbonyl (C=O) groups is 1. The highest BCUT2D eigenvalue weighted by Crippen LogP contribution is 2.41. The van der Waals surface area contributed by atoms with Gasteiger partial charge in [-0.25, -0.2) is 4.79 Å². The first-order valence-electron chi connectivity index (χ1n) is 11.9. The predicted molar refractivity (Wildman–Crippen MR) is 138 cm³/mol. The standard InChI is InChI=1S/C28H29N3O4/c1-2-34-23-12-13-24-25(16-23)31(22-14-15-33-18-22)27(26(24)29)20-8-10-21(11-9-20)30-28(32)35-17-19-6-4-3-5-7-19/h3-13,16,22H,2,14-15,17-18,29H2,1H3,(H,30,32). The van der Waals surface area contributed by atoms with Crippen molar-refractivity contribution in [1.82, 2.24) is 4.57 Å². The lowest BCUT2D eigenvalue weighted by Gasteiger charge is -2.18. The van der Waals surface area contributed by atoms with E-state index in [1.807, 2.05) is 73.7 Å². The van der Waals surface area contributed by atoms with Gasteiger partial charge in [-0.2, -0.15) is 0 Å². The first-order chi connectivity index (χ1) is 17.1. The normalized spacial score (nSPS) is 15.3. The van der Waals surface area contributed by atoms with Crippen LogP contribution in [0.2, 0.25) is 0 Å². The van der Waals surface area contributed by atoms with Gasteiger partial charge in [0.15, 0.2) is 0 Å². The molecule has 3 N–H and O–H groups in total. The Bertz CT molecular complexity index is 1310. The molecule has 1 aromatic heterocycles. The van der Waals surface area contributed by atoms with E-state index in [0.29, 0.717) is 18.9 Å². The molecule has 7 heteroatoms. The highest BCUT2D eigenvalue weighted by molar-refractivity contribution is 6.01. The summed E-state index contributed by atoms with van der Waals surface area (Å²) in [7, 11) is 0. The van der Waals surface area contributed by atoms with Gasteiger partial charge in [0.1, 0.15) is 12.4 Å². The monoisotopic (exact) mass is 471 g/mol. The summed E-state index contributed by atoms with van der Waals surface area (Å²) in [4.78, 5) is 12.2. The molecule has 35 heavy (non-hydrogen) atoms. The zero-order valence-electron chi connectivity index (χ0n) is 19.7. The average Bonchev–Trinajstić information content (AvgIpc) is 3.50. The summed E-state index contributed by atoms with van der Waals surface area (Å²) in [5, 5.41) is 3.78. The van der Waals surface area contributed by atoms with E-state index in [9.17, 15) is 4.79 Å². The molecule has 180 valence electrons. The number of anilines is 2. The lowest BCUT2D eigenvalue weighted by Crippen LogP contribution is -2.13. The number of benzene rings is 3. The molecule has 1 fully saturated rings. The molecule has 1 unspecified atom stereocenters. The molecule has 0 aliphatic carbocycles. The van der Waals surface area contributed by atoms with Crippen molar-refractivity contribution in [1.29, 1.82) is 0 Å². The molecule has 1 aliphatic heterocycles. The number of hydrogen-bond donors (Lipinski definition) is 2. The van der Waals surface area contributed by atoms with Crippen molar-refractivity contribution in [2.24, 2.45) is 0 Å². The Balaban J connectivity index is 1.41. The molecule has 4 aromatic rings. The number of nitrogens with two attached hydrogens (primary N) is 1. The summed E-state index contributed by atoms with van der Waals surface area (Å²) in [6.45, 7) is 4.16. The second-order valence-electron chi connectivity index (χ2n) is 8.53. The average molecular weight is 472 g/mol. The van der Waals surface area contributed by atoms with Gasteiger partial charge in [-0.1, -0.05) is 42.5 Å². The van der Waals surface area contributed by atoms with E-state index in [1.54, 1.807) is 0 Å². The van der Waals surface area contributed by atoms with Gasteiger partial charge in [-0.05, 0) is 43.2 Å². The number of ether oxygens (including phenoxy) is 3. The first-order valence-corrected chi connectivity index (χ1v) is 11.9. The minimum atomic E-state index is -0.498. The Morgan fingerprint density at radius 3 is 2.63 bits per heavy atom. The molecule has 1 saturated heterocycles. The van der Waals surface area contributed by atoms with E-state index in [-0.39, 0.29) is 12.6 Å². The summed E-state index contributed by atoms with van der Waals surface area (Å²) in [5.41, 5.74) is 11.9. The van der Waals surface area contributed by atoms with Crippen LogP contribution in [0.25, 0.3) is 22.2 Å². The predicted octanol–water partition coefficient (Wildman–Crippen LogP) is 6.00. The van der Waals surface area contributed by atoms with E-state index < -0.39 is 6.09 Å². The Kier molecular flexibility index (Phi) is 6.59. The van der Waals surface area contributed by atoms with Crippen LogP contribution in [0.1, 0.15) is 24.9 Å². The van der Waals surface area contributed by atoms with Crippen LogP contribution >= 0.6 is 0 Å². The molecule has 0 bridgehead atoms. The Hall–Kier alpha value is -3.97. The number of nitrogen functional groups attached to an aromatic ring is 1. The van der Waals surface area contributed by atoms with Crippen LogP contribution in [-0.4, -0.2) is 30.5 Å². The molecule has 1 amide bonds. The minimum Gasteiger partial charge on any atom is -0.494 e. The Morgan fingerprint density at radius 1 is 1.11 bits per heavy atom. The smallest absolute Gasteiger partial charge is 0.411 e. The van der Waals surface area contributed by atoms with Gasteiger partial charge in [0.05, 0.1) is 36.2 Å². The number of aromatic nitrogens is 1. The van der Waals surface area contributed by atoms with Crippen molar-refractivity contribution >= 4 is 28.4 Å². The molecule has 0 radical (unpaired) electrons. The number of amides is 1. The summed E-state index contributed by atoms with van der Waals surface area (Å²) < 4.78 is 19.0. The van der Waals surface area contributed by atoms with Gasteiger partial charge in [-0.15, -0.1) is 0 Å². The number of carbonyl (C=O) groups excluding carboxylic acids is 1. The zero-order chi connectivity index (χ0) is 24.2. The molecule has 0 saturated carbocycles. The third-order valence-electron chi connectivity index (χ3n) is 6.21. The van der Waals surface area contributed by atoms with Crippen LogP contribution in [0.5, 0.6) is 5.75 Å². The van der Waals surface area contributed by atoms with Crippen molar-refractivity contribution in [3.63, 3.8) is 0 Å². The number of hydrogen-bond acceptors (Lipinski definition) is 5. The summed E-state index contributed by atoms with van der Waals surface area (Å²) in [6.07, 6.45) is 0.420. The van der Waals surface area contributed by atoms with E-state index in [0.717, 1.165) is 52.2 Å². The van der Waals surface area contributed by atoms with Crippen molar-refractivity contribution in [2.45, 2.75) is 26.0 Å². The number of rotatable bonds is 7. The number of nitrogens with zero attached hydrogens (tertiary/aromatic N) is 1.